The molecular weight excluding hydrogens is 357 g/mol. The number of para-hydroxylation sites is 1. The van der Waals surface area contributed by atoms with E-state index in [0.29, 0.717) is 11.4 Å². The molecule has 0 spiro atoms. The zero-order valence-electron chi connectivity index (χ0n) is 14.5. The molecule has 0 aliphatic rings. The lowest BCUT2D eigenvalue weighted by Gasteiger charge is -2.11. The van der Waals surface area contributed by atoms with Gasteiger partial charge >= 0.3 is 0 Å². The maximum atomic E-state index is 13.8. The zero-order chi connectivity index (χ0) is 19.6. The van der Waals surface area contributed by atoms with Gasteiger partial charge in [-0.15, -0.1) is 0 Å². The number of benzene rings is 2. The lowest BCUT2D eigenvalue weighted by Crippen LogP contribution is -2.16. The van der Waals surface area contributed by atoms with E-state index < -0.39 is 23.4 Å². The van der Waals surface area contributed by atoms with E-state index in [1.807, 2.05) is 19.1 Å². The first-order chi connectivity index (χ1) is 12.8. The van der Waals surface area contributed by atoms with Gasteiger partial charge in [-0.05, 0) is 43.7 Å². The maximum Gasteiger partial charge on any atom is 0.274 e. The fourth-order valence-corrected chi connectivity index (χ4v) is 2.38. The largest absolute Gasteiger partial charge is 0.322 e. The van der Waals surface area contributed by atoms with E-state index >= 15 is 0 Å². The number of carbonyl (C=O) groups excluding carboxylic acids is 1. The first kappa shape index (κ1) is 18.4. The Kier molecular flexibility index (Phi) is 5.07. The summed E-state index contributed by atoms with van der Waals surface area (Å²) in [4.78, 5) is 20.6. The molecule has 1 aromatic heterocycles. The quantitative estimate of drug-likeness (QED) is 0.662. The third-order valence-electron chi connectivity index (χ3n) is 3.76. The minimum Gasteiger partial charge on any atom is -0.322 e. The van der Waals surface area contributed by atoms with Crippen molar-refractivity contribution in [3.8, 4) is 0 Å². The van der Waals surface area contributed by atoms with E-state index in [-0.39, 0.29) is 17.3 Å². The summed E-state index contributed by atoms with van der Waals surface area (Å²) in [5.74, 6) is -4.91. The van der Waals surface area contributed by atoms with Gasteiger partial charge in [0.15, 0.2) is 17.5 Å². The van der Waals surface area contributed by atoms with E-state index in [1.165, 1.54) is 6.07 Å². The zero-order valence-corrected chi connectivity index (χ0v) is 14.5. The Morgan fingerprint density at radius 1 is 0.926 bits per heavy atom. The normalized spacial score (nSPS) is 10.6. The van der Waals surface area contributed by atoms with Crippen molar-refractivity contribution < 1.29 is 18.0 Å². The summed E-state index contributed by atoms with van der Waals surface area (Å²) in [5, 5.41) is 5.20. The van der Waals surface area contributed by atoms with Gasteiger partial charge in [-0.2, -0.15) is 0 Å². The number of hydrogen-bond donors (Lipinski definition) is 2. The van der Waals surface area contributed by atoms with Crippen LogP contribution < -0.4 is 10.6 Å². The van der Waals surface area contributed by atoms with E-state index in [9.17, 15) is 18.0 Å². The summed E-state index contributed by atoms with van der Waals surface area (Å²) in [6, 6.07) is 10.5. The highest BCUT2D eigenvalue weighted by Gasteiger charge is 2.16. The number of halogens is 3. The number of nitrogens with zero attached hydrogens (tertiary/aromatic N) is 2. The molecule has 2 N–H and O–H groups in total. The standard InChI is InChI=1S/C19H15F3N4O/c1-10-5-3-4-6-13(10)24-18(27)15-9-11(2)23-19(26-15)25-14-8-7-12(20)16(21)17(14)22/h3-9H,1-2H3,(H,24,27)(H,23,25,26). The van der Waals surface area contributed by atoms with Gasteiger partial charge in [0.05, 0.1) is 5.69 Å². The van der Waals surface area contributed by atoms with Crippen molar-refractivity contribution >= 4 is 23.2 Å². The first-order valence-electron chi connectivity index (χ1n) is 7.98. The molecule has 27 heavy (non-hydrogen) atoms. The first-order valence-corrected chi connectivity index (χ1v) is 7.98. The number of carbonyl (C=O) groups is 1. The minimum atomic E-state index is -1.61. The molecule has 1 heterocycles. The van der Waals surface area contributed by atoms with Crippen LogP contribution in [0.15, 0.2) is 42.5 Å². The van der Waals surface area contributed by atoms with E-state index in [4.69, 9.17) is 0 Å². The van der Waals surface area contributed by atoms with Crippen molar-refractivity contribution in [2.75, 3.05) is 10.6 Å². The lowest BCUT2D eigenvalue weighted by atomic mass is 10.2. The molecule has 8 heteroatoms. The monoisotopic (exact) mass is 372 g/mol. The highest BCUT2D eigenvalue weighted by molar-refractivity contribution is 6.03. The van der Waals surface area contributed by atoms with Crippen LogP contribution in [0.4, 0.5) is 30.5 Å². The summed E-state index contributed by atoms with van der Waals surface area (Å²) in [6.45, 7) is 3.47. The Labute approximate surface area is 153 Å². The van der Waals surface area contributed by atoms with Gasteiger partial charge in [0.1, 0.15) is 5.69 Å². The fraction of sp³-hybridized carbons (Fsp3) is 0.105. The summed E-state index contributed by atoms with van der Waals surface area (Å²) in [6.07, 6.45) is 0. The van der Waals surface area contributed by atoms with Crippen LogP contribution in [0, 0.1) is 31.3 Å². The molecule has 5 nitrogen and oxygen atoms in total. The van der Waals surface area contributed by atoms with Crippen LogP contribution in [0.5, 0.6) is 0 Å². The molecule has 0 aliphatic heterocycles. The number of amides is 1. The van der Waals surface area contributed by atoms with Crippen LogP contribution in [0.1, 0.15) is 21.7 Å². The van der Waals surface area contributed by atoms with Crippen molar-refractivity contribution in [1.82, 2.24) is 9.97 Å². The molecule has 0 unspecified atom stereocenters. The second-order valence-electron chi connectivity index (χ2n) is 5.84. The van der Waals surface area contributed by atoms with Crippen LogP contribution >= 0.6 is 0 Å². The molecule has 0 bridgehead atoms. The molecule has 2 aromatic carbocycles. The molecule has 138 valence electrons. The Hall–Kier alpha value is -3.42. The van der Waals surface area contributed by atoms with Crippen molar-refractivity contribution in [1.29, 1.82) is 0 Å². The predicted molar refractivity (Wildman–Crippen MR) is 95.5 cm³/mol. The minimum absolute atomic E-state index is 0.0382. The molecular formula is C19H15F3N4O. The smallest absolute Gasteiger partial charge is 0.274 e. The highest BCUT2D eigenvalue weighted by atomic mass is 19.2. The average molecular weight is 372 g/mol. The van der Waals surface area contributed by atoms with Crippen molar-refractivity contribution in [3.05, 3.63) is 76.9 Å². The van der Waals surface area contributed by atoms with E-state index in [0.717, 1.165) is 17.7 Å². The number of aryl methyl sites for hydroxylation is 2. The number of hydrogen-bond acceptors (Lipinski definition) is 4. The molecule has 0 aliphatic carbocycles. The lowest BCUT2D eigenvalue weighted by molar-refractivity contribution is 0.102. The van der Waals surface area contributed by atoms with Crippen molar-refractivity contribution in [2.24, 2.45) is 0 Å². The maximum absolute atomic E-state index is 13.8. The molecule has 3 aromatic rings. The van der Waals surface area contributed by atoms with Crippen LogP contribution in [0.25, 0.3) is 0 Å². The Bertz CT molecular complexity index is 1020. The molecule has 0 saturated heterocycles. The van der Waals surface area contributed by atoms with Gasteiger partial charge in [0, 0.05) is 11.4 Å². The molecule has 0 fully saturated rings. The fourth-order valence-electron chi connectivity index (χ4n) is 2.38. The van der Waals surface area contributed by atoms with Crippen LogP contribution in [-0.4, -0.2) is 15.9 Å². The van der Waals surface area contributed by atoms with Gasteiger partial charge in [0.2, 0.25) is 5.95 Å². The number of nitrogens with one attached hydrogen (secondary N) is 2. The van der Waals surface area contributed by atoms with Gasteiger partial charge in [-0.3, -0.25) is 4.79 Å². The second kappa shape index (κ2) is 7.45. The SMILES string of the molecule is Cc1cc(C(=O)Nc2ccccc2C)nc(Nc2ccc(F)c(F)c2F)n1. The van der Waals surface area contributed by atoms with Crippen LogP contribution in [0.2, 0.25) is 0 Å². The average Bonchev–Trinajstić information content (AvgIpc) is 2.63. The third-order valence-corrected chi connectivity index (χ3v) is 3.76. The van der Waals surface area contributed by atoms with E-state index in [2.05, 4.69) is 20.6 Å². The summed E-state index contributed by atoms with van der Waals surface area (Å²) in [7, 11) is 0. The predicted octanol–water partition coefficient (Wildman–Crippen LogP) is 4.51. The second-order valence-corrected chi connectivity index (χ2v) is 5.84. The number of anilines is 3. The van der Waals surface area contributed by atoms with Gasteiger partial charge in [-0.1, -0.05) is 18.2 Å². The molecule has 0 saturated carbocycles. The Morgan fingerprint density at radius 2 is 1.67 bits per heavy atom. The van der Waals surface area contributed by atoms with Crippen LogP contribution in [0.3, 0.4) is 0 Å². The summed E-state index contributed by atoms with van der Waals surface area (Å²) in [5.41, 5.74) is 1.63. The Balaban J connectivity index is 1.87. The topological polar surface area (TPSA) is 66.9 Å². The van der Waals surface area contributed by atoms with Crippen molar-refractivity contribution in [2.45, 2.75) is 13.8 Å². The van der Waals surface area contributed by atoms with E-state index in [1.54, 1.807) is 19.1 Å². The number of rotatable bonds is 4. The van der Waals surface area contributed by atoms with Crippen LogP contribution in [-0.2, 0) is 0 Å². The van der Waals surface area contributed by atoms with Gasteiger partial charge in [0.25, 0.3) is 5.91 Å². The summed E-state index contributed by atoms with van der Waals surface area (Å²) >= 11 is 0. The molecule has 0 atom stereocenters. The molecule has 0 radical (unpaired) electrons. The van der Waals surface area contributed by atoms with Gasteiger partial charge in [-0.25, -0.2) is 23.1 Å². The third kappa shape index (κ3) is 4.05. The summed E-state index contributed by atoms with van der Waals surface area (Å²) < 4.78 is 40.2. The molecule has 3 rings (SSSR count). The highest BCUT2D eigenvalue weighted by Crippen LogP contribution is 2.22. The Morgan fingerprint density at radius 3 is 2.41 bits per heavy atom. The van der Waals surface area contributed by atoms with Gasteiger partial charge < -0.3 is 10.6 Å². The number of aromatic nitrogens is 2. The molecule has 1 amide bonds. The van der Waals surface area contributed by atoms with Crippen molar-refractivity contribution in [3.63, 3.8) is 0 Å².